The van der Waals surface area contributed by atoms with Gasteiger partial charge >= 0.3 is 21.7 Å². The number of phenolic OH excluding ortho intramolecular Hbond substituents is 1. The zero-order valence-electron chi connectivity index (χ0n) is 16.9. The summed E-state index contributed by atoms with van der Waals surface area (Å²) in [6.07, 6.45) is 2.28. The minimum Gasteiger partial charge on any atom is -2.00 e. The summed E-state index contributed by atoms with van der Waals surface area (Å²) in [7, 11) is 0. The summed E-state index contributed by atoms with van der Waals surface area (Å²) < 4.78 is 0. The molecule has 3 aromatic rings. The monoisotopic (exact) mass is 409 g/mol. The van der Waals surface area contributed by atoms with Gasteiger partial charge in [0.15, 0.2) is 0 Å². The van der Waals surface area contributed by atoms with Crippen molar-refractivity contribution < 1.29 is 37.8 Å². The number of rotatable bonds is 1. The molecule has 3 rings (SSSR count). The molecule has 0 aliphatic rings. The van der Waals surface area contributed by atoms with Crippen molar-refractivity contribution in [1.29, 1.82) is 0 Å². The molecule has 0 aliphatic carbocycles. The van der Waals surface area contributed by atoms with Crippen molar-refractivity contribution in [2.45, 2.75) is 19.8 Å². The molecule has 7 heteroatoms. The van der Waals surface area contributed by atoms with Gasteiger partial charge in [0.25, 0.3) is 0 Å². The maximum atomic E-state index is 8.63. The Labute approximate surface area is 180 Å². The van der Waals surface area contributed by atoms with Crippen LogP contribution >= 0.6 is 0 Å². The van der Waals surface area contributed by atoms with Crippen LogP contribution in [-0.4, -0.2) is 20.5 Å². The molecule has 2 N–H and O–H groups in total. The SMILES string of the molecule is Oc1ccccc1.[CH2-]CCC.[CH3-].[CH3-].[CH3-].[CH3-].[O-2].[O-2].[Ti+4].[c-]1cccc2nn[nH]c12. The van der Waals surface area contributed by atoms with Gasteiger partial charge in [0.2, 0.25) is 0 Å². The number of aromatic nitrogens is 3. The Kier molecular flexibility index (Phi) is 48.0. The van der Waals surface area contributed by atoms with Gasteiger partial charge in [-0.2, -0.15) is 29.7 Å². The number of nitrogens with one attached hydrogen (secondary N) is 1. The third-order valence-electron chi connectivity index (χ3n) is 2.26. The van der Waals surface area contributed by atoms with Gasteiger partial charge in [0.1, 0.15) is 5.75 Å². The molecule has 0 amide bonds. The van der Waals surface area contributed by atoms with Crippen LogP contribution in [0.3, 0.4) is 0 Å². The van der Waals surface area contributed by atoms with Crippen LogP contribution < -0.4 is 0 Å². The van der Waals surface area contributed by atoms with Crippen molar-refractivity contribution in [3.05, 3.63) is 91.2 Å². The number of benzene rings is 2. The standard InChI is InChI=1S/C6H4N3.C6H6O.C4H9.4CH3.2O.Ti/c1-2-4-6-5(3-1)7-9-8-6;7-6-4-2-1-3-5-6;1-3-4-2;;;;;;;/h1-3H,(H,7,8,9);1-5,7H;1,3-4H2,2H3;4*1H3;;;/q-1;;5*-1;2*-2;+4. The van der Waals surface area contributed by atoms with Crippen molar-refractivity contribution >= 4 is 11.0 Å². The fourth-order valence-corrected chi connectivity index (χ4v) is 1.16. The van der Waals surface area contributed by atoms with Crippen LogP contribution in [-0.2, 0) is 32.7 Å². The van der Waals surface area contributed by atoms with E-state index in [1.807, 2.05) is 24.3 Å². The molecule has 0 spiro atoms. The fraction of sp³-hybridized carbons (Fsp3) is 0.150. The molecule has 0 saturated carbocycles. The number of hydrogen-bond donors (Lipinski definition) is 2. The Morgan fingerprint density at radius 1 is 1.00 bits per heavy atom. The summed E-state index contributed by atoms with van der Waals surface area (Å²) in [5.74, 6) is 0.322. The molecule has 0 saturated heterocycles. The van der Waals surface area contributed by atoms with Crippen molar-refractivity contribution in [3.8, 4) is 5.75 Å². The minimum absolute atomic E-state index is 0. The molecule has 27 heavy (non-hydrogen) atoms. The van der Waals surface area contributed by atoms with Gasteiger partial charge in [0.05, 0.1) is 0 Å². The van der Waals surface area contributed by atoms with E-state index in [0.717, 1.165) is 17.5 Å². The zero-order valence-corrected chi connectivity index (χ0v) is 18.5. The number of fused-ring (bicyclic) bond motifs is 1. The molecule has 0 fully saturated rings. The first-order chi connectivity index (χ1) is 9.77. The summed E-state index contributed by atoms with van der Waals surface area (Å²) in [5.41, 5.74) is 1.72. The average Bonchev–Trinajstić information content (AvgIpc) is 2.97. The first kappa shape index (κ1) is 44.6. The Morgan fingerprint density at radius 2 is 1.52 bits per heavy atom. The van der Waals surface area contributed by atoms with E-state index in [4.69, 9.17) is 5.11 Å². The number of hydrogen-bond acceptors (Lipinski definition) is 3. The molecule has 2 aromatic carbocycles. The number of para-hydroxylation sites is 2. The molecule has 0 bridgehead atoms. The van der Waals surface area contributed by atoms with Crippen molar-refractivity contribution in [1.82, 2.24) is 15.4 Å². The molecule has 154 valence electrons. The van der Waals surface area contributed by atoms with Gasteiger partial charge in [-0.1, -0.05) is 36.8 Å². The van der Waals surface area contributed by atoms with E-state index in [-0.39, 0.29) is 62.4 Å². The number of nitrogens with zero attached hydrogens (tertiary/aromatic N) is 2. The second-order valence-corrected chi connectivity index (χ2v) is 3.93. The maximum Gasteiger partial charge on any atom is 4.00 e. The van der Waals surface area contributed by atoms with Crippen molar-refractivity contribution in [2.24, 2.45) is 0 Å². The largest absolute Gasteiger partial charge is 4.00 e. The van der Waals surface area contributed by atoms with Gasteiger partial charge < -0.3 is 52.7 Å². The number of aromatic hydroxyl groups is 1. The van der Waals surface area contributed by atoms with E-state index >= 15 is 0 Å². The summed E-state index contributed by atoms with van der Waals surface area (Å²) in [6, 6.07) is 17.2. The Hall–Kier alpha value is -1.73. The van der Waals surface area contributed by atoms with Gasteiger partial charge in [-0.3, -0.25) is 5.10 Å². The number of unbranched alkanes of at least 4 members (excludes halogenated alkanes) is 1. The summed E-state index contributed by atoms with van der Waals surface area (Å²) in [4.78, 5) is 0. The van der Waals surface area contributed by atoms with Crippen LogP contribution in [0.5, 0.6) is 5.75 Å². The molecule has 0 atom stereocenters. The van der Waals surface area contributed by atoms with Crippen LogP contribution in [0, 0.1) is 42.7 Å². The summed E-state index contributed by atoms with van der Waals surface area (Å²) >= 11 is 0. The van der Waals surface area contributed by atoms with Crippen LogP contribution in [0.2, 0.25) is 0 Å². The first-order valence-electron chi connectivity index (χ1n) is 6.48. The van der Waals surface area contributed by atoms with Gasteiger partial charge in [-0.25, -0.2) is 0 Å². The fourth-order valence-electron chi connectivity index (χ4n) is 1.16. The first-order valence-corrected chi connectivity index (χ1v) is 6.48. The summed E-state index contributed by atoms with van der Waals surface area (Å²) in [5, 5.41) is 18.7. The van der Waals surface area contributed by atoms with Crippen LogP contribution in [0.15, 0.2) is 48.5 Å². The third kappa shape index (κ3) is 20.4. The quantitative estimate of drug-likeness (QED) is 0.417. The number of aromatic amines is 1. The topological polar surface area (TPSA) is 119 Å². The summed E-state index contributed by atoms with van der Waals surface area (Å²) in [6.45, 7) is 5.72. The van der Waals surface area contributed by atoms with E-state index in [2.05, 4.69) is 35.3 Å². The van der Waals surface area contributed by atoms with Crippen LogP contribution in [0.1, 0.15) is 19.8 Å². The second-order valence-electron chi connectivity index (χ2n) is 3.93. The van der Waals surface area contributed by atoms with E-state index in [0.29, 0.717) is 5.75 Å². The molecule has 1 heterocycles. The van der Waals surface area contributed by atoms with E-state index in [1.165, 1.54) is 6.42 Å². The smallest absolute Gasteiger partial charge is 2.00 e. The predicted octanol–water partition coefficient (Wildman–Crippen LogP) is 5.33. The predicted molar refractivity (Wildman–Crippen MR) is 108 cm³/mol. The Balaban J connectivity index is -0.0000000414. The second kappa shape index (κ2) is 29.1. The zero-order chi connectivity index (χ0) is 14.6. The molecular formula is C20H31N3O3Ti-6. The minimum atomic E-state index is 0. The van der Waals surface area contributed by atoms with Crippen LogP contribution in [0.4, 0.5) is 0 Å². The van der Waals surface area contributed by atoms with Crippen molar-refractivity contribution in [3.63, 3.8) is 0 Å². The Bertz CT molecular complexity index is 561. The number of H-pyrrole nitrogens is 1. The number of phenols is 1. The molecule has 0 unspecified atom stereocenters. The van der Waals surface area contributed by atoms with Gasteiger partial charge in [0, 0.05) is 5.52 Å². The molecule has 1 aromatic heterocycles. The normalized spacial score (nSPS) is 6.74. The van der Waals surface area contributed by atoms with E-state index in [1.54, 1.807) is 24.3 Å². The van der Waals surface area contributed by atoms with Gasteiger partial charge in [-0.05, 0) is 17.6 Å². The van der Waals surface area contributed by atoms with Crippen LogP contribution in [0.25, 0.3) is 11.0 Å². The van der Waals surface area contributed by atoms with Gasteiger partial charge in [-0.15, -0.1) is 6.07 Å². The Morgan fingerprint density at radius 3 is 1.89 bits per heavy atom. The molecule has 0 aliphatic heterocycles. The third-order valence-corrected chi connectivity index (χ3v) is 2.26. The molecule has 0 radical (unpaired) electrons. The van der Waals surface area contributed by atoms with E-state index < -0.39 is 0 Å². The average molecular weight is 409 g/mol. The molecular weight excluding hydrogens is 378 g/mol. The van der Waals surface area contributed by atoms with E-state index in [9.17, 15) is 0 Å². The molecule has 6 nitrogen and oxygen atoms in total. The van der Waals surface area contributed by atoms with Crippen molar-refractivity contribution in [2.75, 3.05) is 0 Å². The maximum absolute atomic E-state index is 8.63.